The molecule has 288 valence electrons. The molecule has 7 heteroatoms. The van der Waals surface area contributed by atoms with Gasteiger partial charge in [-0.2, -0.15) is 0 Å². The highest BCUT2D eigenvalue weighted by Crippen LogP contribution is 2.78. The maximum absolute atomic E-state index is 14.3. The number of hydrogen-bond donors (Lipinski definition) is 1. The molecular weight excluding hydrogens is 636 g/mol. The van der Waals surface area contributed by atoms with Gasteiger partial charge in [-0.1, -0.05) is 46.8 Å². The van der Waals surface area contributed by atoms with E-state index in [9.17, 15) is 19.5 Å². The molecule has 7 nitrogen and oxygen atoms in total. The van der Waals surface area contributed by atoms with E-state index in [1.165, 1.54) is 37.7 Å². The number of rotatable bonds is 9. The van der Waals surface area contributed by atoms with Crippen molar-refractivity contribution in [3.8, 4) is 0 Å². The van der Waals surface area contributed by atoms with Gasteiger partial charge in [0.1, 0.15) is 6.10 Å². The summed E-state index contributed by atoms with van der Waals surface area (Å²) in [6, 6.07) is 0.347. The summed E-state index contributed by atoms with van der Waals surface area (Å²) in [6.07, 6.45) is 14.0. The molecule has 51 heavy (non-hydrogen) atoms. The predicted octanol–water partition coefficient (Wildman–Crippen LogP) is 9.00. The van der Waals surface area contributed by atoms with Crippen molar-refractivity contribution >= 4 is 17.8 Å². The summed E-state index contributed by atoms with van der Waals surface area (Å²) in [6.45, 7) is 24.5. The third kappa shape index (κ3) is 6.14. The van der Waals surface area contributed by atoms with Crippen LogP contribution in [0, 0.1) is 62.1 Å². The van der Waals surface area contributed by atoms with Gasteiger partial charge in [0.05, 0.1) is 11.8 Å². The van der Waals surface area contributed by atoms with E-state index in [0.29, 0.717) is 41.5 Å². The van der Waals surface area contributed by atoms with Gasteiger partial charge in [0.15, 0.2) is 0 Å². The number of carboxylic acid groups (broad SMARTS) is 1. The van der Waals surface area contributed by atoms with Crippen LogP contribution in [0.3, 0.4) is 0 Å². The number of fused-ring (bicyclic) bond motifs is 7. The molecule has 6 aliphatic rings. The van der Waals surface area contributed by atoms with Crippen molar-refractivity contribution in [3.05, 3.63) is 12.2 Å². The zero-order valence-corrected chi connectivity index (χ0v) is 34.0. The van der Waals surface area contributed by atoms with E-state index < -0.39 is 11.4 Å². The van der Waals surface area contributed by atoms with Crippen LogP contribution in [0.1, 0.15) is 145 Å². The molecule has 11 atom stereocenters. The second kappa shape index (κ2) is 13.1. The van der Waals surface area contributed by atoms with Crippen LogP contribution >= 0.6 is 0 Å². The molecule has 1 amide bonds. The van der Waals surface area contributed by atoms with E-state index in [0.717, 1.165) is 64.5 Å². The Morgan fingerprint density at radius 2 is 1.59 bits per heavy atom. The quantitative estimate of drug-likeness (QED) is 0.190. The summed E-state index contributed by atoms with van der Waals surface area (Å²) in [4.78, 5) is 43.7. The van der Waals surface area contributed by atoms with Gasteiger partial charge < -0.3 is 19.6 Å². The fraction of sp³-hybridized carbons (Fsp3) is 0.886. The average Bonchev–Trinajstić information content (AvgIpc) is 3.63. The maximum Gasteiger partial charge on any atom is 0.309 e. The zero-order valence-electron chi connectivity index (χ0n) is 34.0. The fourth-order valence-corrected chi connectivity index (χ4v) is 14.6. The average molecular weight is 709 g/mol. The molecule has 6 rings (SSSR count). The number of likely N-dealkylation sites (N-methyl/N-ethyl adjacent to an activating group) is 1. The second-order valence-electron chi connectivity index (χ2n) is 21.1. The summed E-state index contributed by atoms with van der Waals surface area (Å²) in [5, 5.41) is 9.62. The Morgan fingerprint density at radius 3 is 2.24 bits per heavy atom. The molecule has 0 bridgehead atoms. The van der Waals surface area contributed by atoms with Gasteiger partial charge >= 0.3 is 11.9 Å². The number of carbonyl (C=O) groups excluding carboxylic acids is 2. The molecule has 0 unspecified atom stereocenters. The monoisotopic (exact) mass is 709 g/mol. The van der Waals surface area contributed by atoms with Crippen LogP contribution in [0.5, 0.6) is 0 Å². The van der Waals surface area contributed by atoms with Gasteiger partial charge in [0, 0.05) is 31.0 Å². The number of carbonyl (C=O) groups is 3. The molecule has 6 fully saturated rings. The van der Waals surface area contributed by atoms with Gasteiger partial charge in [0.2, 0.25) is 5.91 Å². The number of ether oxygens (including phenoxy) is 1. The Morgan fingerprint density at radius 1 is 0.882 bits per heavy atom. The Balaban J connectivity index is 1.24. The van der Waals surface area contributed by atoms with Gasteiger partial charge in [-0.25, -0.2) is 0 Å². The van der Waals surface area contributed by atoms with E-state index in [-0.39, 0.29) is 45.6 Å². The molecule has 5 aliphatic carbocycles. The first kappa shape index (κ1) is 38.8. The minimum atomic E-state index is -1.14. The number of nitrogens with zero attached hydrogens (tertiary/aromatic N) is 2. The number of amides is 1. The first-order chi connectivity index (χ1) is 23.6. The van der Waals surface area contributed by atoms with Crippen molar-refractivity contribution in [2.45, 2.75) is 157 Å². The van der Waals surface area contributed by atoms with E-state index in [1.807, 2.05) is 0 Å². The molecule has 1 aliphatic heterocycles. The van der Waals surface area contributed by atoms with Crippen molar-refractivity contribution in [3.63, 3.8) is 0 Å². The van der Waals surface area contributed by atoms with E-state index >= 15 is 0 Å². The van der Waals surface area contributed by atoms with Crippen LogP contribution in [-0.4, -0.2) is 72.1 Å². The molecule has 0 spiro atoms. The first-order valence-corrected chi connectivity index (χ1v) is 20.7. The molecule has 1 N–H and O–H groups in total. The highest BCUT2D eigenvalue weighted by molar-refractivity contribution is 5.81. The number of likely N-dealkylation sites (tertiary alicyclic amines) is 1. The lowest BCUT2D eigenvalue weighted by molar-refractivity contribution is -0.250. The number of hydrogen-bond acceptors (Lipinski definition) is 5. The minimum absolute atomic E-state index is 0.0829. The second-order valence-corrected chi connectivity index (χ2v) is 21.1. The fourth-order valence-electron chi connectivity index (χ4n) is 14.6. The SMILES string of the molecule is C=C(C)[C@@H]1CC[C@]2(CC(=O)N3CCC[C@@H]3CN(C)C)CC[C@]3(C)[C@H](CC[C@@H]4[C@@]5(C)CC[C@H](OC(=O)CC(C)(C)C(=O)O)C(C)(C)[C@@H]5CC[C@]43C)[C@@H]12. The first-order valence-electron chi connectivity index (χ1n) is 20.7. The molecule has 0 aromatic rings. The van der Waals surface area contributed by atoms with Crippen LogP contribution in [0.25, 0.3) is 0 Å². The number of aliphatic carboxylic acids is 1. The standard InChI is InChI=1S/C44H72N2O5/c1-28(2)30-16-21-44(25-35(47)46-24-12-13-29(46)27-45(10)11)23-22-42(8)31(37(30)44)14-15-33-41(7)19-18-34(51-36(48)26-39(3,4)38(49)50)40(5,6)32(41)17-20-43(33,42)9/h29-34,37H,1,12-27H2,2-11H3,(H,49,50)/t29-,30+,31-,32+,33-,34+,37-,41+,42-,43-,44-/m1/s1. The van der Waals surface area contributed by atoms with Crippen molar-refractivity contribution in [1.29, 1.82) is 0 Å². The number of carboxylic acids is 1. The van der Waals surface area contributed by atoms with Gasteiger partial charge in [0.25, 0.3) is 0 Å². The summed E-state index contributed by atoms with van der Waals surface area (Å²) in [5.74, 6) is 1.72. The topological polar surface area (TPSA) is 87.2 Å². The lowest BCUT2D eigenvalue weighted by atomic mass is 9.32. The summed E-state index contributed by atoms with van der Waals surface area (Å²) < 4.78 is 6.20. The highest BCUT2D eigenvalue weighted by Gasteiger charge is 2.71. The van der Waals surface area contributed by atoms with Crippen LogP contribution in [0.2, 0.25) is 0 Å². The molecule has 0 aromatic carbocycles. The third-order valence-electron chi connectivity index (χ3n) is 17.4. The third-order valence-corrected chi connectivity index (χ3v) is 17.4. The Labute approximate surface area is 310 Å². The predicted molar refractivity (Wildman–Crippen MR) is 203 cm³/mol. The van der Waals surface area contributed by atoms with E-state index in [4.69, 9.17) is 4.74 Å². The summed E-state index contributed by atoms with van der Waals surface area (Å²) in [5.41, 5.74) is 0.648. The lowest BCUT2D eigenvalue weighted by Gasteiger charge is -2.73. The van der Waals surface area contributed by atoms with Crippen molar-refractivity contribution < 1.29 is 24.2 Å². The minimum Gasteiger partial charge on any atom is -0.481 e. The Kier molecular flexibility index (Phi) is 10.0. The normalized spacial score (nSPS) is 43.1. The maximum atomic E-state index is 14.3. The molecule has 5 saturated carbocycles. The van der Waals surface area contributed by atoms with Crippen LogP contribution < -0.4 is 0 Å². The number of esters is 1. The molecular formula is C44H72N2O5. The smallest absolute Gasteiger partial charge is 0.309 e. The Bertz CT molecular complexity index is 1400. The molecule has 1 saturated heterocycles. The van der Waals surface area contributed by atoms with Crippen LogP contribution in [-0.2, 0) is 19.1 Å². The molecule has 1 heterocycles. The lowest BCUT2D eigenvalue weighted by Crippen LogP contribution is -2.67. The molecule has 0 aromatic heterocycles. The molecule has 0 radical (unpaired) electrons. The van der Waals surface area contributed by atoms with Crippen LogP contribution in [0.4, 0.5) is 0 Å². The largest absolute Gasteiger partial charge is 0.481 e. The highest BCUT2D eigenvalue weighted by atomic mass is 16.5. The van der Waals surface area contributed by atoms with E-state index in [1.54, 1.807) is 13.8 Å². The Hall–Kier alpha value is -1.89. The summed E-state index contributed by atoms with van der Waals surface area (Å²) >= 11 is 0. The van der Waals surface area contributed by atoms with Crippen molar-refractivity contribution in [2.24, 2.45) is 62.1 Å². The van der Waals surface area contributed by atoms with E-state index in [2.05, 4.69) is 72.0 Å². The summed E-state index contributed by atoms with van der Waals surface area (Å²) in [7, 11) is 4.26. The van der Waals surface area contributed by atoms with Crippen LogP contribution in [0.15, 0.2) is 12.2 Å². The van der Waals surface area contributed by atoms with Crippen molar-refractivity contribution in [2.75, 3.05) is 27.2 Å². The van der Waals surface area contributed by atoms with Gasteiger partial charge in [-0.05, 0) is 163 Å². The zero-order chi connectivity index (χ0) is 37.5. The number of allylic oxidation sites excluding steroid dienone is 1. The van der Waals surface area contributed by atoms with Crippen molar-refractivity contribution in [1.82, 2.24) is 9.80 Å². The van der Waals surface area contributed by atoms with Gasteiger partial charge in [-0.3, -0.25) is 14.4 Å². The van der Waals surface area contributed by atoms with Gasteiger partial charge in [-0.15, -0.1) is 0 Å².